The lowest BCUT2D eigenvalue weighted by Crippen LogP contribution is -2.68. The van der Waals surface area contributed by atoms with E-state index in [9.17, 15) is 14.2 Å². The third-order valence-corrected chi connectivity index (χ3v) is 16.3. The first-order valence-electron chi connectivity index (χ1n) is 18.9. The summed E-state index contributed by atoms with van der Waals surface area (Å²) in [5.74, 6) is 1.52. The Morgan fingerprint density at radius 3 is 1.93 bits per heavy atom. The molecule has 4 aromatic carbocycles. The van der Waals surface area contributed by atoms with Crippen LogP contribution < -0.4 is 30.3 Å². The molecule has 0 spiro atoms. The Balaban J connectivity index is 1.33. The van der Waals surface area contributed by atoms with Crippen molar-refractivity contribution < 1.29 is 27.6 Å². The number of rotatable bonds is 13. The Labute approximate surface area is 332 Å². The number of nitrogens with zero attached hydrogens (tertiary/aromatic N) is 3. The van der Waals surface area contributed by atoms with Gasteiger partial charge in [0.05, 0.1) is 18.2 Å². The highest BCUT2D eigenvalue weighted by atomic mass is 31.2. The summed E-state index contributed by atoms with van der Waals surface area (Å²) in [5, 5.41) is 4.46. The first kappa shape index (κ1) is 39.6. The van der Waals surface area contributed by atoms with Gasteiger partial charge >= 0.3 is 7.60 Å². The predicted octanol–water partition coefficient (Wildman–Crippen LogP) is 7.81. The number of ether oxygens (including phenoxy) is 1. The predicted molar refractivity (Wildman–Crippen MR) is 224 cm³/mol. The largest absolute Gasteiger partial charge is 0.455 e. The molecule has 3 heterocycles. The molecule has 294 valence electrons. The number of nitrogens with one attached hydrogen (secondary N) is 2. The monoisotopic (exact) mass is 803 g/mol. The van der Waals surface area contributed by atoms with E-state index in [1.807, 2.05) is 48.5 Å². The number of hydrogen-bond donors (Lipinski definition) is 2. The Morgan fingerprint density at radius 1 is 0.895 bits per heavy atom. The maximum atomic E-state index is 14.7. The molecule has 14 heteroatoms. The van der Waals surface area contributed by atoms with Crippen molar-refractivity contribution in [3.05, 3.63) is 150 Å². The summed E-state index contributed by atoms with van der Waals surface area (Å²) in [6, 6.07) is 38.2. The van der Waals surface area contributed by atoms with Crippen LogP contribution in [0, 0.1) is 5.92 Å². The van der Waals surface area contributed by atoms with Crippen molar-refractivity contribution in [1.82, 2.24) is 19.5 Å². The van der Waals surface area contributed by atoms with E-state index in [4.69, 9.17) is 18.2 Å². The lowest BCUT2D eigenvalue weighted by Gasteiger charge is -2.45. The molecule has 0 radical (unpaired) electrons. The zero-order chi connectivity index (χ0) is 40.2. The number of para-hydroxylation sites is 2. The van der Waals surface area contributed by atoms with Crippen molar-refractivity contribution in [3.63, 3.8) is 0 Å². The molecular weight excluding hydrogens is 758 g/mol. The van der Waals surface area contributed by atoms with Gasteiger partial charge in [0, 0.05) is 12.3 Å². The first-order valence-corrected chi connectivity index (χ1v) is 22.4. The molecule has 3 atom stereocenters. The summed E-state index contributed by atoms with van der Waals surface area (Å²) >= 11 is 0. The number of hydrogen-bond acceptors (Lipinski definition) is 9. The van der Waals surface area contributed by atoms with E-state index >= 15 is 0 Å². The van der Waals surface area contributed by atoms with Crippen molar-refractivity contribution >= 4 is 49.3 Å². The van der Waals surface area contributed by atoms with Gasteiger partial charge in [-0.05, 0) is 45.8 Å². The van der Waals surface area contributed by atoms with Crippen molar-refractivity contribution in [2.75, 3.05) is 5.32 Å². The van der Waals surface area contributed by atoms with Crippen molar-refractivity contribution in [3.8, 4) is 11.5 Å². The number of anilines is 1. The van der Waals surface area contributed by atoms with E-state index in [1.165, 1.54) is 12.1 Å². The van der Waals surface area contributed by atoms with E-state index in [1.54, 1.807) is 73.0 Å². The number of carbonyl (C=O) groups is 1. The molecule has 2 aromatic heterocycles. The van der Waals surface area contributed by atoms with Gasteiger partial charge in [-0.2, -0.15) is 4.98 Å². The van der Waals surface area contributed by atoms with Crippen LogP contribution in [0.5, 0.6) is 11.5 Å². The van der Waals surface area contributed by atoms with Crippen LogP contribution >= 0.6 is 7.60 Å². The number of H-pyrrole nitrogens is 1. The Hall–Kier alpha value is -5.59. The van der Waals surface area contributed by atoms with Crippen LogP contribution in [0.3, 0.4) is 0 Å². The minimum Gasteiger partial charge on any atom is -0.413 e. The highest BCUT2D eigenvalue weighted by molar-refractivity contribution is 7.58. The number of carbonyl (C=O) groups excluding carboxylic acids is 1. The van der Waals surface area contributed by atoms with E-state index in [0.717, 1.165) is 10.4 Å². The highest BCUT2D eigenvalue weighted by Gasteiger charge is 2.54. The molecular formula is C43H46N5O7PSi. The van der Waals surface area contributed by atoms with Crippen molar-refractivity contribution in [2.24, 2.45) is 5.92 Å². The van der Waals surface area contributed by atoms with E-state index in [0.29, 0.717) is 17.9 Å². The maximum absolute atomic E-state index is 14.7. The molecule has 0 bridgehead atoms. The second-order valence-electron chi connectivity index (χ2n) is 15.2. The van der Waals surface area contributed by atoms with Crippen LogP contribution in [0.25, 0.3) is 11.2 Å². The van der Waals surface area contributed by atoms with Crippen LogP contribution in [-0.2, 0) is 18.5 Å². The van der Waals surface area contributed by atoms with Crippen LogP contribution in [0.2, 0.25) is 5.04 Å². The zero-order valence-corrected chi connectivity index (χ0v) is 34.3. The van der Waals surface area contributed by atoms with Gasteiger partial charge in [0.2, 0.25) is 11.9 Å². The fraction of sp³-hybridized carbons (Fsp3) is 0.256. The first-order chi connectivity index (χ1) is 27.3. The summed E-state index contributed by atoms with van der Waals surface area (Å²) in [6.07, 6.45) is 1.35. The summed E-state index contributed by atoms with van der Waals surface area (Å²) in [7, 11) is -7.17. The highest BCUT2D eigenvalue weighted by Crippen LogP contribution is 2.51. The van der Waals surface area contributed by atoms with Gasteiger partial charge in [0.15, 0.2) is 11.2 Å². The molecule has 0 aliphatic carbocycles. The summed E-state index contributed by atoms with van der Waals surface area (Å²) in [5.41, 5.74) is -0.201. The van der Waals surface area contributed by atoms with Crippen LogP contribution in [0.15, 0.2) is 144 Å². The number of aromatic nitrogens is 4. The number of benzene rings is 4. The van der Waals surface area contributed by atoms with Gasteiger partial charge in [-0.1, -0.05) is 132 Å². The lowest BCUT2D eigenvalue weighted by atomic mass is 10.2. The summed E-state index contributed by atoms with van der Waals surface area (Å²) in [6.45, 7) is 10.1. The average Bonchev–Trinajstić information content (AvgIpc) is 3.81. The normalized spacial score (nSPS) is 17.6. The molecule has 1 aliphatic heterocycles. The SMILES string of the molecule is CC(C)C(=O)Nc1nc2c(ncn2[C@H]2C[C@H](O[Si](c3ccccc3)(c3ccccc3)C(C)(C)C)[C@@H](/C=C/P(=O)(Oc3ccccc3)Oc3ccccc3)O2)c(=O)[nH]1. The third kappa shape index (κ3) is 8.57. The molecule has 7 rings (SSSR count). The third-order valence-electron chi connectivity index (χ3n) is 9.78. The molecule has 12 nitrogen and oxygen atoms in total. The Kier molecular flexibility index (Phi) is 11.5. The van der Waals surface area contributed by atoms with Gasteiger partial charge in [0.25, 0.3) is 13.9 Å². The number of aromatic amines is 1. The molecule has 1 amide bonds. The molecule has 0 unspecified atom stereocenters. The minimum atomic E-state index is -4.02. The van der Waals surface area contributed by atoms with Gasteiger partial charge in [-0.15, -0.1) is 0 Å². The average molecular weight is 804 g/mol. The minimum absolute atomic E-state index is 0.000403. The fourth-order valence-electron chi connectivity index (χ4n) is 7.02. The van der Waals surface area contributed by atoms with E-state index < -0.39 is 39.9 Å². The smallest absolute Gasteiger partial charge is 0.413 e. The molecule has 6 aromatic rings. The van der Waals surface area contributed by atoms with Gasteiger partial charge in [-0.25, -0.2) is 9.55 Å². The van der Waals surface area contributed by atoms with Gasteiger partial charge in [-0.3, -0.25) is 24.5 Å². The van der Waals surface area contributed by atoms with Crippen molar-refractivity contribution in [2.45, 2.75) is 64.5 Å². The molecule has 1 fully saturated rings. The van der Waals surface area contributed by atoms with Crippen molar-refractivity contribution in [1.29, 1.82) is 0 Å². The zero-order valence-electron chi connectivity index (χ0n) is 32.4. The molecule has 1 aliphatic rings. The maximum Gasteiger partial charge on any atom is 0.455 e. The fourth-order valence-corrected chi connectivity index (χ4v) is 13.1. The second-order valence-corrected chi connectivity index (χ2v) is 21.2. The summed E-state index contributed by atoms with van der Waals surface area (Å²) < 4.78 is 43.0. The number of imidazole rings is 1. The standard InChI is InChI=1S/C43H46N5O7PSi/c1-30(2)40(49)46-42-45-39-38(41(50)47-42)44-29-48(39)37-28-36(55-57(43(3,4)5,33-22-14-8-15-23-33)34-24-16-9-17-25-34)35(52-37)26-27-56(51,53-31-18-10-6-11-19-31)54-32-20-12-7-13-21-32/h6-27,29-30,35-37H,28H2,1-5H3,(H2,45,46,47,49,50)/b27-26+/t35-,36+,37-/m1/s1. The quantitative estimate of drug-likeness (QED) is 0.0882. The molecule has 2 N–H and O–H groups in total. The lowest BCUT2D eigenvalue weighted by molar-refractivity contribution is -0.118. The second kappa shape index (κ2) is 16.5. The van der Waals surface area contributed by atoms with Crippen LogP contribution in [-0.4, -0.2) is 46.0 Å². The van der Waals surface area contributed by atoms with Crippen LogP contribution in [0.4, 0.5) is 5.95 Å². The number of amides is 1. The topological polar surface area (TPSA) is 147 Å². The molecule has 0 saturated carbocycles. The van der Waals surface area contributed by atoms with Gasteiger partial charge < -0.3 is 18.2 Å². The van der Waals surface area contributed by atoms with E-state index in [-0.39, 0.29) is 34.0 Å². The number of fused-ring (bicyclic) bond motifs is 1. The molecule has 1 saturated heterocycles. The Bertz CT molecular complexity index is 2350. The van der Waals surface area contributed by atoms with E-state index in [2.05, 4.69) is 65.3 Å². The van der Waals surface area contributed by atoms with Gasteiger partial charge in [0.1, 0.15) is 23.8 Å². The Morgan fingerprint density at radius 2 is 1.42 bits per heavy atom. The summed E-state index contributed by atoms with van der Waals surface area (Å²) in [4.78, 5) is 37.4. The van der Waals surface area contributed by atoms with Crippen LogP contribution in [0.1, 0.15) is 47.3 Å². The molecule has 57 heavy (non-hydrogen) atoms.